The van der Waals surface area contributed by atoms with Crippen LogP contribution in [0.3, 0.4) is 0 Å². The number of hydrogen-bond donors (Lipinski definition) is 4. The van der Waals surface area contributed by atoms with Gasteiger partial charge in [0.1, 0.15) is 6.29 Å². The molecule has 0 aromatic heterocycles. The van der Waals surface area contributed by atoms with Gasteiger partial charge >= 0.3 is 0 Å². The average Bonchev–Trinajstić information content (AvgIpc) is 3.16. The van der Waals surface area contributed by atoms with Gasteiger partial charge in [0.05, 0.1) is 18.3 Å². The number of allylic oxidation sites excluding steroid dienone is 7. The van der Waals surface area contributed by atoms with Crippen molar-refractivity contribution >= 4 is 6.29 Å². The van der Waals surface area contributed by atoms with Gasteiger partial charge in [-0.15, -0.1) is 0 Å². The molecular formula is C30H46O5. The van der Waals surface area contributed by atoms with E-state index < -0.39 is 17.1 Å². The fourth-order valence-corrected chi connectivity index (χ4v) is 6.35. The zero-order valence-corrected chi connectivity index (χ0v) is 22.1. The first-order valence-corrected chi connectivity index (χ1v) is 13.0. The summed E-state index contributed by atoms with van der Waals surface area (Å²) in [4.78, 5) is 11.7. The lowest BCUT2D eigenvalue weighted by atomic mass is 9.52. The molecule has 1 spiro atoms. The van der Waals surface area contributed by atoms with Crippen LogP contribution in [0.15, 0.2) is 58.7 Å². The maximum absolute atomic E-state index is 11.7. The summed E-state index contributed by atoms with van der Waals surface area (Å²) < 4.78 is 0. The molecule has 0 saturated heterocycles. The summed E-state index contributed by atoms with van der Waals surface area (Å²) in [5.74, 6) is -0.377. The van der Waals surface area contributed by atoms with Crippen LogP contribution in [0.25, 0.3) is 0 Å². The van der Waals surface area contributed by atoms with Crippen molar-refractivity contribution < 1.29 is 25.2 Å². The molecule has 0 radical (unpaired) electrons. The van der Waals surface area contributed by atoms with E-state index in [-0.39, 0.29) is 25.0 Å². The quantitative estimate of drug-likeness (QED) is 0.143. The van der Waals surface area contributed by atoms with Crippen molar-refractivity contribution in [2.45, 2.75) is 90.8 Å². The van der Waals surface area contributed by atoms with Gasteiger partial charge in [-0.3, -0.25) is 4.79 Å². The van der Waals surface area contributed by atoms with E-state index in [1.807, 2.05) is 32.1 Å². The smallest absolute Gasteiger partial charge is 0.145 e. The summed E-state index contributed by atoms with van der Waals surface area (Å²) in [6, 6.07) is 0. The van der Waals surface area contributed by atoms with Crippen LogP contribution in [-0.2, 0) is 4.79 Å². The van der Waals surface area contributed by atoms with Crippen LogP contribution in [0.1, 0.15) is 79.1 Å². The second-order valence-electron chi connectivity index (χ2n) is 10.9. The molecule has 0 aromatic rings. The Labute approximate surface area is 211 Å². The number of hydrogen-bond acceptors (Lipinski definition) is 5. The van der Waals surface area contributed by atoms with Crippen LogP contribution in [-0.4, -0.2) is 51.6 Å². The molecule has 2 rings (SSSR count). The predicted molar refractivity (Wildman–Crippen MR) is 142 cm³/mol. The van der Waals surface area contributed by atoms with E-state index in [1.54, 1.807) is 0 Å². The van der Waals surface area contributed by atoms with E-state index in [0.717, 1.165) is 35.8 Å². The number of aliphatic hydroxyl groups is 4. The molecule has 35 heavy (non-hydrogen) atoms. The fourth-order valence-electron chi connectivity index (χ4n) is 6.35. The first kappa shape index (κ1) is 29.4. The van der Waals surface area contributed by atoms with Gasteiger partial charge in [0.15, 0.2) is 0 Å². The minimum absolute atomic E-state index is 0.00316. The van der Waals surface area contributed by atoms with Crippen molar-refractivity contribution in [3.8, 4) is 0 Å². The molecule has 0 aromatic carbocycles. The topological polar surface area (TPSA) is 98.0 Å². The molecule has 0 heterocycles. The molecule has 196 valence electrons. The highest BCUT2D eigenvalue weighted by atomic mass is 16.3. The van der Waals surface area contributed by atoms with Gasteiger partial charge in [-0.2, -0.15) is 0 Å². The summed E-state index contributed by atoms with van der Waals surface area (Å²) >= 11 is 0. The molecule has 2 aliphatic rings. The third-order valence-electron chi connectivity index (χ3n) is 8.38. The minimum Gasteiger partial charge on any atom is -0.396 e. The molecule has 5 heteroatoms. The lowest BCUT2D eigenvalue weighted by Crippen LogP contribution is -2.59. The van der Waals surface area contributed by atoms with Crippen molar-refractivity contribution in [2.75, 3.05) is 13.2 Å². The summed E-state index contributed by atoms with van der Waals surface area (Å²) in [7, 11) is 0. The van der Waals surface area contributed by atoms with Crippen molar-refractivity contribution in [3.05, 3.63) is 58.7 Å². The Kier molecular flexibility index (Phi) is 10.9. The average molecular weight is 487 g/mol. The molecule has 2 fully saturated rings. The maximum atomic E-state index is 11.7. The van der Waals surface area contributed by atoms with E-state index in [1.165, 1.54) is 5.57 Å². The number of rotatable bonds is 11. The third-order valence-corrected chi connectivity index (χ3v) is 8.38. The lowest BCUT2D eigenvalue weighted by molar-refractivity contribution is -0.167. The zero-order valence-electron chi connectivity index (χ0n) is 22.1. The predicted octanol–water partition coefficient (Wildman–Crippen LogP) is 4.97. The van der Waals surface area contributed by atoms with Gasteiger partial charge in [0.25, 0.3) is 0 Å². The SMILES string of the molecule is C=C(/C=C/C=C(\CO)CCC=C(C)C)[C@@H]1CC[C@]2([C@H](CCCO)/C(=C(/C)C=O)CC[C@]2(C)O)[C@@H]1O. The minimum atomic E-state index is -1.09. The second kappa shape index (κ2) is 13.0. The molecule has 0 aliphatic heterocycles. The Bertz CT molecular complexity index is 871. The second-order valence-corrected chi connectivity index (χ2v) is 10.9. The van der Waals surface area contributed by atoms with Gasteiger partial charge in [0.2, 0.25) is 0 Å². The molecule has 4 N–H and O–H groups in total. The third kappa shape index (κ3) is 6.51. The van der Waals surface area contributed by atoms with E-state index in [4.69, 9.17) is 0 Å². The Balaban J connectivity index is 2.30. The number of aliphatic hydroxyl groups excluding tert-OH is 3. The summed E-state index contributed by atoms with van der Waals surface area (Å²) in [6.45, 7) is 12.0. The lowest BCUT2D eigenvalue weighted by Gasteiger charge is -2.55. The van der Waals surface area contributed by atoms with Gasteiger partial charge < -0.3 is 20.4 Å². The van der Waals surface area contributed by atoms with E-state index in [2.05, 4.69) is 26.5 Å². The van der Waals surface area contributed by atoms with Crippen LogP contribution >= 0.6 is 0 Å². The molecule has 0 amide bonds. The van der Waals surface area contributed by atoms with E-state index >= 15 is 0 Å². The molecule has 0 bridgehead atoms. The van der Waals surface area contributed by atoms with Crippen LogP contribution in [0.4, 0.5) is 0 Å². The first-order chi connectivity index (χ1) is 16.6. The van der Waals surface area contributed by atoms with Crippen LogP contribution in [0.5, 0.6) is 0 Å². The Morgan fingerprint density at radius 1 is 1.20 bits per heavy atom. The Hall–Kier alpha value is -1.79. The molecule has 5 atom stereocenters. The van der Waals surface area contributed by atoms with Crippen molar-refractivity contribution in [2.24, 2.45) is 17.3 Å². The highest BCUT2D eigenvalue weighted by molar-refractivity contribution is 5.74. The summed E-state index contributed by atoms with van der Waals surface area (Å²) in [5.41, 5.74) is 2.79. The molecule has 2 saturated carbocycles. The van der Waals surface area contributed by atoms with Crippen molar-refractivity contribution in [3.63, 3.8) is 0 Å². The summed E-state index contributed by atoms with van der Waals surface area (Å²) in [5, 5.41) is 42.6. The Morgan fingerprint density at radius 3 is 2.51 bits per heavy atom. The summed E-state index contributed by atoms with van der Waals surface area (Å²) in [6.07, 6.45) is 13.2. The number of carbonyl (C=O) groups excluding carboxylic acids is 1. The van der Waals surface area contributed by atoms with E-state index in [0.29, 0.717) is 44.1 Å². The number of aldehydes is 1. The highest BCUT2D eigenvalue weighted by Crippen LogP contribution is 2.62. The standard InChI is InChI=1S/C30H46O5/c1-21(2)9-6-11-24(20-33)12-7-10-22(3)26-15-17-30(28(26)34)27(13-8-18-31)25(23(4)19-32)14-16-29(30,5)35/h7,9-10,12,19,26-28,31,33-35H,3,6,8,11,13-18,20H2,1-2,4-5H3/b10-7+,24-12-,25-23-/t26-,27+,28+,29-,30-/m0/s1. The Morgan fingerprint density at radius 2 is 1.91 bits per heavy atom. The van der Waals surface area contributed by atoms with Crippen LogP contribution in [0.2, 0.25) is 0 Å². The van der Waals surface area contributed by atoms with Gasteiger partial charge in [-0.05, 0) is 102 Å². The fraction of sp³-hybridized carbons (Fsp3) is 0.633. The van der Waals surface area contributed by atoms with Crippen molar-refractivity contribution in [1.82, 2.24) is 0 Å². The maximum Gasteiger partial charge on any atom is 0.145 e. The highest BCUT2D eigenvalue weighted by Gasteiger charge is 2.63. The van der Waals surface area contributed by atoms with Crippen molar-refractivity contribution in [1.29, 1.82) is 0 Å². The molecule has 2 aliphatic carbocycles. The van der Waals surface area contributed by atoms with Crippen LogP contribution in [0, 0.1) is 17.3 Å². The largest absolute Gasteiger partial charge is 0.396 e. The van der Waals surface area contributed by atoms with Gasteiger partial charge in [-0.25, -0.2) is 0 Å². The van der Waals surface area contributed by atoms with E-state index in [9.17, 15) is 25.2 Å². The van der Waals surface area contributed by atoms with Crippen LogP contribution < -0.4 is 0 Å². The molecule has 0 unspecified atom stereocenters. The van der Waals surface area contributed by atoms with Gasteiger partial charge in [0, 0.05) is 17.9 Å². The van der Waals surface area contributed by atoms with Gasteiger partial charge in [-0.1, -0.05) is 42.0 Å². The zero-order chi connectivity index (χ0) is 26.2. The first-order valence-electron chi connectivity index (χ1n) is 13.0. The molecule has 5 nitrogen and oxygen atoms in total. The molecular weight excluding hydrogens is 440 g/mol. The number of carbonyl (C=O) groups is 1. The monoisotopic (exact) mass is 486 g/mol. The normalized spacial score (nSPS) is 32.8.